The number of primary amides is 1. The lowest BCUT2D eigenvalue weighted by Crippen LogP contribution is -2.47. The van der Waals surface area contributed by atoms with Crippen LogP contribution in [-0.4, -0.2) is 42.6 Å². The van der Waals surface area contributed by atoms with E-state index in [4.69, 9.17) is 16.2 Å². The molecule has 1 aromatic carbocycles. The molecule has 0 bridgehead atoms. The van der Waals surface area contributed by atoms with Crippen LogP contribution in [0.15, 0.2) is 24.3 Å². The molecule has 114 valence electrons. The molecule has 0 radical (unpaired) electrons. The summed E-state index contributed by atoms with van der Waals surface area (Å²) in [4.78, 5) is 24.8. The van der Waals surface area contributed by atoms with Crippen molar-refractivity contribution < 1.29 is 14.3 Å². The number of carbonyl (C=O) groups is 2. The molecular formula is C14H20N4O3. The molecular weight excluding hydrogens is 272 g/mol. The summed E-state index contributed by atoms with van der Waals surface area (Å²) in [5, 5.41) is 2.84. The van der Waals surface area contributed by atoms with Gasteiger partial charge >= 0.3 is 6.03 Å². The fourth-order valence-electron chi connectivity index (χ4n) is 2.19. The van der Waals surface area contributed by atoms with Crippen molar-refractivity contribution in [3.8, 4) is 0 Å². The number of para-hydroxylation sites is 1. The summed E-state index contributed by atoms with van der Waals surface area (Å²) in [6.07, 6.45) is 0.767. The molecule has 3 amide bonds. The minimum atomic E-state index is -0.567. The van der Waals surface area contributed by atoms with Gasteiger partial charge in [-0.3, -0.25) is 4.79 Å². The van der Waals surface area contributed by atoms with Crippen LogP contribution in [0.2, 0.25) is 0 Å². The van der Waals surface area contributed by atoms with Crippen LogP contribution in [0.4, 0.5) is 10.5 Å². The molecule has 1 aromatic rings. The van der Waals surface area contributed by atoms with Crippen molar-refractivity contribution in [2.75, 3.05) is 25.5 Å². The fourth-order valence-corrected chi connectivity index (χ4v) is 2.19. The Morgan fingerprint density at radius 3 is 2.76 bits per heavy atom. The van der Waals surface area contributed by atoms with Crippen LogP contribution in [-0.2, 0) is 16.1 Å². The highest BCUT2D eigenvalue weighted by Crippen LogP contribution is 2.14. The predicted octanol–water partition coefficient (Wildman–Crippen LogP) is 0.0546. The molecule has 7 nitrogen and oxygen atoms in total. The SMILES string of the molecule is NC(=O)CN(Cc1ccccc1N)C(=O)NC1CCOC1. The third kappa shape index (κ3) is 4.35. The fraction of sp³-hybridized carbons (Fsp3) is 0.429. The van der Waals surface area contributed by atoms with E-state index in [1.807, 2.05) is 18.2 Å². The molecule has 21 heavy (non-hydrogen) atoms. The monoisotopic (exact) mass is 292 g/mol. The Kier molecular flexibility index (Phi) is 4.99. The highest BCUT2D eigenvalue weighted by molar-refractivity contribution is 5.83. The van der Waals surface area contributed by atoms with Gasteiger partial charge in [-0.05, 0) is 18.1 Å². The molecule has 1 aliphatic rings. The van der Waals surface area contributed by atoms with E-state index in [0.717, 1.165) is 12.0 Å². The number of nitrogens with zero attached hydrogens (tertiary/aromatic N) is 1. The van der Waals surface area contributed by atoms with Gasteiger partial charge in [0.2, 0.25) is 5.91 Å². The van der Waals surface area contributed by atoms with Crippen molar-refractivity contribution >= 4 is 17.6 Å². The lowest BCUT2D eigenvalue weighted by Gasteiger charge is -2.24. The van der Waals surface area contributed by atoms with Gasteiger partial charge in [0.1, 0.15) is 6.54 Å². The van der Waals surface area contributed by atoms with Crippen LogP contribution < -0.4 is 16.8 Å². The summed E-state index contributed by atoms with van der Waals surface area (Å²) >= 11 is 0. The smallest absolute Gasteiger partial charge is 0.318 e. The third-order valence-corrected chi connectivity index (χ3v) is 3.31. The molecule has 1 unspecified atom stereocenters. The number of nitrogen functional groups attached to an aromatic ring is 1. The molecule has 7 heteroatoms. The number of urea groups is 1. The summed E-state index contributed by atoms with van der Waals surface area (Å²) in [6.45, 7) is 1.19. The highest BCUT2D eigenvalue weighted by Gasteiger charge is 2.22. The molecule has 1 aliphatic heterocycles. The van der Waals surface area contributed by atoms with Gasteiger partial charge in [0.05, 0.1) is 12.6 Å². The summed E-state index contributed by atoms with van der Waals surface area (Å²) in [6, 6.07) is 6.84. The van der Waals surface area contributed by atoms with Crippen LogP contribution in [0, 0.1) is 0 Å². The molecule has 0 aliphatic carbocycles. The molecule has 2 rings (SSSR count). The van der Waals surface area contributed by atoms with Crippen molar-refractivity contribution in [3.05, 3.63) is 29.8 Å². The summed E-state index contributed by atoms with van der Waals surface area (Å²) in [5.74, 6) is -0.567. The van der Waals surface area contributed by atoms with Crippen LogP contribution in [0.3, 0.4) is 0 Å². The molecule has 1 fully saturated rings. The predicted molar refractivity (Wildman–Crippen MR) is 78.2 cm³/mol. The maximum atomic E-state index is 12.3. The van der Waals surface area contributed by atoms with Crippen molar-refractivity contribution in [1.29, 1.82) is 0 Å². The third-order valence-electron chi connectivity index (χ3n) is 3.31. The average molecular weight is 292 g/mol. The minimum absolute atomic E-state index is 0.0269. The van der Waals surface area contributed by atoms with Gasteiger partial charge in [0.15, 0.2) is 0 Å². The molecule has 0 spiro atoms. The Balaban J connectivity index is 2.04. The standard InChI is InChI=1S/C14H20N4O3/c15-12-4-2-1-3-10(12)7-18(8-13(16)19)14(20)17-11-5-6-21-9-11/h1-4,11H,5-9,15H2,(H2,16,19)(H,17,20). The summed E-state index contributed by atoms with van der Waals surface area (Å²) < 4.78 is 5.21. The number of ether oxygens (including phenoxy) is 1. The number of hydrogen-bond donors (Lipinski definition) is 3. The molecule has 5 N–H and O–H groups in total. The first-order chi connectivity index (χ1) is 10.1. The van der Waals surface area contributed by atoms with E-state index in [-0.39, 0.29) is 25.2 Å². The number of nitrogens with two attached hydrogens (primary N) is 2. The number of rotatable bonds is 5. The van der Waals surface area contributed by atoms with Gasteiger partial charge in [-0.15, -0.1) is 0 Å². The van der Waals surface area contributed by atoms with Gasteiger partial charge in [-0.1, -0.05) is 18.2 Å². The van der Waals surface area contributed by atoms with Crippen molar-refractivity contribution in [2.45, 2.75) is 19.0 Å². The molecule has 1 saturated heterocycles. The normalized spacial score (nSPS) is 17.4. The van der Waals surface area contributed by atoms with Gasteiger partial charge in [-0.25, -0.2) is 4.79 Å². The quantitative estimate of drug-likeness (QED) is 0.666. The Labute approximate surface area is 123 Å². The van der Waals surface area contributed by atoms with E-state index in [0.29, 0.717) is 18.9 Å². The summed E-state index contributed by atoms with van der Waals surface area (Å²) in [5.41, 5.74) is 12.4. The topological polar surface area (TPSA) is 111 Å². The van der Waals surface area contributed by atoms with Crippen LogP contribution in [0.1, 0.15) is 12.0 Å². The first-order valence-electron chi connectivity index (χ1n) is 6.81. The maximum Gasteiger partial charge on any atom is 0.318 e. The van der Waals surface area contributed by atoms with E-state index >= 15 is 0 Å². The zero-order valence-corrected chi connectivity index (χ0v) is 11.7. The highest BCUT2D eigenvalue weighted by atomic mass is 16.5. The van der Waals surface area contributed by atoms with Gasteiger partial charge in [-0.2, -0.15) is 0 Å². The Morgan fingerprint density at radius 2 is 2.14 bits per heavy atom. The van der Waals surface area contributed by atoms with Crippen LogP contribution in [0.25, 0.3) is 0 Å². The molecule has 1 heterocycles. The maximum absolute atomic E-state index is 12.3. The Morgan fingerprint density at radius 1 is 1.38 bits per heavy atom. The second-order valence-electron chi connectivity index (χ2n) is 5.03. The number of anilines is 1. The van der Waals surface area contributed by atoms with Gasteiger partial charge in [0.25, 0.3) is 0 Å². The van der Waals surface area contributed by atoms with Crippen LogP contribution >= 0.6 is 0 Å². The second kappa shape index (κ2) is 6.94. The number of hydrogen-bond acceptors (Lipinski definition) is 4. The lowest BCUT2D eigenvalue weighted by molar-refractivity contribution is -0.118. The largest absolute Gasteiger partial charge is 0.398 e. The van der Waals surface area contributed by atoms with Crippen molar-refractivity contribution in [1.82, 2.24) is 10.2 Å². The van der Waals surface area contributed by atoms with E-state index in [1.165, 1.54) is 4.90 Å². The van der Waals surface area contributed by atoms with E-state index in [1.54, 1.807) is 6.07 Å². The Hall–Kier alpha value is -2.28. The second-order valence-corrected chi connectivity index (χ2v) is 5.03. The first kappa shape index (κ1) is 15.1. The van der Waals surface area contributed by atoms with E-state index in [2.05, 4.69) is 5.32 Å². The van der Waals surface area contributed by atoms with E-state index < -0.39 is 5.91 Å². The average Bonchev–Trinajstić information content (AvgIpc) is 2.92. The zero-order chi connectivity index (χ0) is 15.2. The summed E-state index contributed by atoms with van der Waals surface area (Å²) in [7, 11) is 0. The van der Waals surface area contributed by atoms with Crippen molar-refractivity contribution in [3.63, 3.8) is 0 Å². The number of carbonyl (C=O) groups excluding carboxylic acids is 2. The number of amides is 3. The van der Waals surface area contributed by atoms with Crippen LogP contribution in [0.5, 0.6) is 0 Å². The lowest BCUT2D eigenvalue weighted by atomic mass is 10.1. The minimum Gasteiger partial charge on any atom is -0.398 e. The van der Waals surface area contributed by atoms with Gasteiger partial charge in [0, 0.05) is 18.8 Å². The molecule has 0 aromatic heterocycles. The Bertz CT molecular complexity index is 515. The van der Waals surface area contributed by atoms with Crippen molar-refractivity contribution in [2.24, 2.45) is 5.73 Å². The first-order valence-corrected chi connectivity index (χ1v) is 6.81. The van der Waals surface area contributed by atoms with Gasteiger partial charge < -0.3 is 26.4 Å². The van der Waals surface area contributed by atoms with E-state index in [9.17, 15) is 9.59 Å². The zero-order valence-electron chi connectivity index (χ0n) is 11.7. The molecule has 0 saturated carbocycles. The number of nitrogens with one attached hydrogen (secondary N) is 1. The number of benzene rings is 1. The molecule has 1 atom stereocenters.